The monoisotopic (exact) mass is 386 g/mol. The number of hydrogen-bond donors (Lipinski definition) is 1. The molecule has 0 atom stereocenters. The summed E-state index contributed by atoms with van der Waals surface area (Å²) in [5.74, 6) is 1.42. The third-order valence-electron chi connectivity index (χ3n) is 4.98. The topological polar surface area (TPSA) is 111 Å². The molecule has 0 bridgehead atoms. The molecular weight excluding hydrogens is 368 g/mol. The van der Waals surface area contributed by atoms with Crippen molar-refractivity contribution in [1.82, 2.24) is 19.9 Å². The van der Waals surface area contributed by atoms with Gasteiger partial charge in [0.25, 0.3) is 0 Å². The van der Waals surface area contributed by atoms with E-state index < -0.39 is 0 Å². The molecule has 5 heterocycles. The summed E-state index contributed by atoms with van der Waals surface area (Å²) in [4.78, 5) is 31.9. The molecule has 29 heavy (non-hydrogen) atoms. The lowest BCUT2D eigenvalue weighted by Crippen LogP contribution is -2.56. The molecule has 1 saturated heterocycles. The Morgan fingerprint density at radius 1 is 1.14 bits per heavy atom. The smallest absolute Gasteiger partial charge is 0.181 e. The summed E-state index contributed by atoms with van der Waals surface area (Å²) in [6, 6.07) is 7.57. The van der Waals surface area contributed by atoms with E-state index in [1.807, 2.05) is 18.2 Å². The number of aromatic nitrogens is 4. The SMILES string of the molecule is NC1CN(c2cc(C(=O)Cc3cc4cc(-c5cnco5)cnc4cn3)ccn2)C1. The number of pyridine rings is 3. The average Bonchev–Trinajstić information content (AvgIpc) is 3.26. The second-order valence-electron chi connectivity index (χ2n) is 7.13. The zero-order valence-electron chi connectivity index (χ0n) is 15.5. The first-order valence-electron chi connectivity index (χ1n) is 9.29. The van der Waals surface area contributed by atoms with Crippen LogP contribution in [0.5, 0.6) is 0 Å². The lowest BCUT2D eigenvalue weighted by atomic mass is 10.0. The molecule has 2 N–H and O–H groups in total. The van der Waals surface area contributed by atoms with E-state index in [-0.39, 0.29) is 18.2 Å². The normalized spacial score (nSPS) is 14.2. The molecule has 1 aliphatic heterocycles. The molecule has 5 rings (SSSR count). The van der Waals surface area contributed by atoms with Gasteiger partial charge in [0, 0.05) is 53.7 Å². The summed E-state index contributed by atoms with van der Waals surface area (Å²) < 4.78 is 5.33. The Bertz CT molecular complexity index is 1180. The standard InChI is InChI=1S/C21H18N6O2/c22-16-10-27(11-16)21-5-13(1-2-24-21)19(28)6-17-4-14-3-15(20-9-23-12-29-20)7-26-18(14)8-25-17/h1-5,7-9,12,16H,6,10-11,22H2. The van der Waals surface area contributed by atoms with E-state index >= 15 is 0 Å². The maximum atomic E-state index is 12.8. The highest BCUT2D eigenvalue weighted by atomic mass is 16.3. The van der Waals surface area contributed by atoms with Crippen LogP contribution in [-0.4, -0.2) is 44.9 Å². The average molecular weight is 386 g/mol. The number of ketones is 1. The molecule has 0 saturated carbocycles. The van der Waals surface area contributed by atoms with E-state index in [0.717, 1.165) is 35.4 Å². The molecule has 4 aromatic heterocycles. The van der Waals surface area contributed by atoms with Gasteiger partial charge in [-0.2, -0.15) is 0 Å². The van der Waals surface area contributed by atoms with Crippen LogP contribution < -0.4 is 10.6 Å². The zero-order valence-corrected chi connectivity index (χ0v) is 15.5. The first kappa shape index (κ1) is 17.4. The number of anilines is 1. The summed E-state index contributed by atoms with van der Waals surface area (Å²) in [6.45, 7) is 1.52. The van der Waals surface area contributed by atoms with Crippen molar-refractivity contribution >= 4 is 22.5 Å². The van der Waals surface area contributed by atoms with Gasteiger partial charge in [0.15, 0.2) is 17.9 Å². The van der Waals surface area contributed by atoms with Crippen molar-refractivity contribution in [3.63, 3.8) is 0 Å². The van der Waals surface area contributed by atoms with Crippen molar-refractivity contribution in [2.45, 2.75) is 12.5 Å². The van der Waals surface area contributed by atoms with Gasteiger partial charge in [0.1, 0.15) is 5.82 Å². The van der Waals surface area contributed by atoms with Gasteiger partial charge >= 0.3 is 0 Å². The fourth-order valence-electron chi connectivity index (χ4n) is 3.40. The second-order valence-corrected chi connectivity index (χ2v) is 7.13. The van der Waals surface area contributed by atoms with Crippen molar-refractivity contribution in [2.75, 3.05) is 18.0 Å². The minimum atomic E-state index is -0.00956. The largest absolute Gasteiger partial charge is 0.443 e. The van der Waals surface area contributed by atoms with E-state index in [2.05, 4.69) is 24.8 Å². The van der Waals surface area contributed by atoms with Crippen LogP contribution in [0.4, 0.5) is 5.82 Å². The van der Waals surface area contributed by atoms with E-state index in [1.54, 1.807) is 30.9 Å². The molecule has 0 spiro atoms. The maximum Gasteiger partial charge on any atom is 0.181 e. The minimum Gasteiger partial charge on any atom is -0.443 e. The fraction of sp³-hybridized carbons (Fsp3) is 0.190. The van der Waals surface area contributed by atoms with Gasteiger partial charge in [-0.05, 0) is 24.3 Å². The van der Waals surface area contributed by atoms with Crippen LogP contribution in [-0.2, 0) is 6.42 Å². The molecule has 0 aromatic carbocycles. The highest BCUT2D eigenvalue weighted by molar-refractivity contribution is 5.98. The van der Waals surface area contributed by atoms with Crippen LogP contribution in [0.15, 0.2) is 59.9 Å². The van der Waals surface area contributed by atoms with Crippen LogP contribution in [0.2, 0.25) is 0 Å². The van der Waals surface area contributed by atoms with E-state index in [0.29, 0.717) is 17.0 Å². The summed E-state index contributed by atoms with van der Waals surface area (Å²) in [6.07, 6.45) is 8.28. The summed E-state index contributed by atoms with van der Waals surface area (Å²) in [7, 11) is 0. The Labute approximate surface area is 166 Å². The number of carbonyl (C=O) groups is 1. The molecule has 8 nitrogen and oxygen atoms in total. The summed E-state index contributed by atoms with van der Waals surface area (Å²) >= 11 is 0. The number of rotatable bonds is 5. The van der Waals surface area contributed by atoms with Gasteiger partial charge in [-0.1, -0.05) is 0 Å². The third kappa shape index (κ3) is 3.45. The number of nitrogens with two attached hydrogens (primary N) is 1. The van der Waals surface area contributed by atoms with Gasteiger partial charge in [0.05, 0.1) is 24.3 Å². The molecule has 1 fully saturated rings. The molecular formula is C21H18N6O2. The van der Waals surface area contributed by atoms with Crippen molar-refractivity contribution in [3.8, 4) is 11.3 Å². The molecule has 8 heteroatoms. The van der Waals surface area contributed by atoms with Crippen LogP contribution >= 0.6 is 0 Å². The fourth-order valence-corrected chi connectivity index (χ4v) is 3.40. The third-order valence-corrected chi connectivity index (χ3v) is 4.98. The molecule has 1 aliphatic rings. The Hall–Kier alpha value is -3.65. The van der Waals surface area contributed by atoms with Gasteiger partial charge in [-0.15, -0.1) is 0 Å². The maximum absolute atomic E-state index is 12.8. The first-order valence-corrected chi connectivity index (χ1v) is 9.29. The predicted molar refractivity (Wildman–Crippen MR) is 107 cm³/mol. The van der Waals surface area contributed by atoms with Crippen molar-refractivity contribution in [1.29, 1.82) is 0 Å². The highest BCUT2D eigenvalue weighted by Gasteiger charge is 2.24. The highest BCUT2D eigenvalue weighted by Crippen LogP contribution is 2.23. The zero-order chi connectivity index (χ0) is 19.8. The van der Waals surface area contributed by atoms with Gasteiger partial charge < -0.3 is 15.1 Å². The second kappa shape index (κ2) is 7.06. The quantitative estimate of drug-likeness (QED) is 0.520. The Morgan fingerprint density at radius 3 is 2.83 bits per heavy atom. The molecule has 0 amide bonds. The van der Waals surface area contributed by atoms with Crippen molar-refractivity contribution < 1.29 is 9.21 Å². The molecule has 4 aromatic rings. The Morgan fingerprint density at radius 2 is 2.03 bits per heavy atom. The molecule has 144 valence electrons. The van der Waals surface area contributed by atoms with E-state index in [4.69, 9.17) is 10.2 Å². The number of fused-ring (bicyclic) bond motifs is 1. The number of Topliss-reactive ketones (excluding diaryl/α,β-unsaturated/α-hetero) is 1. The predicted octanol–water partition coefficient (Wildman–Crippen LogP) is 2.25. The van der Waals surface area contributed by atoms with Crippen LogP contribution in [0.1, 0.15) is 16.1 Å². The van der Waals surface area contributed by atoms with Crippen molar-refractivity contribution in [2.24, 2.45) is 5.73 Å². The van der Waals surface area contributed by atoms with Crippen LogP contribution in [0, 0.1) is 0 Å². The Kier molecular flexibility index (Phi) is 4.25. The van der Waals surface area contributed by atoms with E-state index in [1.165, 1.54) is 6.39 Å². The lowest BCUT2D eigenvalue weighted by molar-refractivity contribution is 0.0992. The van der Waals surface area contributed by atoms with Gasteiger partial charge in [-0.3, -0.25) is 14.8 Å². The van der Waals surface area contributed by atoms with Crippen molar-refractivity contribution in [3.05, 3.63) is 66.7 Å². The molecule has 0 radical (unpaired) electrons. The Balaban J connectivity index is 1.38. The summed E-state index contributed by atoms with van der Waals surface area (Å²) in [5, 5.41) is 0.890. The number of nitrogens with zero attached hydrogens (tertiary/aromatic N) is 5. The van der Waals surface area contributed by atoms with Gasteiger partial charge in [-0.25, -0.2) is 9.97 Å². The van der Waals surface area contributed by atoms with Crippen LogP contribution in [0.25, 0.3) is 22.2 Å². The molecule has 0 unspecified atom stereocenters. The number of hydrogen-bond acceptors (Lipinski definition) is 8. The first-order chi connectivity index (χ1) is 14.2. The van der Waals surface area contributed by atoms with Crippen LogP contribution in [0.3, 0.4) is 0 Å². The number of carbonyl (C=O) groups excluding carboxylic acids is 1. The van der Waals surface area contributed by atoms with Gasteiger partial charge in [0.2, 0.25) is 0 Å². The minimum absolute atomic E-state index is 0.00956. The number of oxazole rings is 1. The molecule has 0 aliphatic carbocycles. The lowest BCUT2D eigenvalue weighted by Gasteiger charge is -2.37. The van der Waals surface area contributed by atoms with E-state index in [9.17, 15) is 4.79 Å². The summed E-state index contributed by atoms with van der Waals surface area (Å²) in [5.41, 5.74) is 8.71.